The van der Waals surface area contributed by atoms with E-state index in [1.54, 1.807) is 0 Å². The van der Waals surface area contributed by atoms with Gasteiger partial charge in [0.2, 0.25) is 0 Å². The summed E-state index contributed by atoms with van der Waals surface area (Å²) >= 11 is 0. The molecule has 0 heterocycles. The van der Waals surface area contributed by atoms with Gasteiger partial charge in [-0.25, -0.2) is 4.79 Å². The smallest absolute Gasteiger partial charge is 0.315 e. The normalized spacial score (nSPS) is 18.1. The zero-order valence-corrected chi connectivity index (χ0v) is 10.5. The summed E-state index contributed by atoms with van der Waals surface area (Å²) in [5.74, 6) is -0.773. The summed E-state index contributed by atoms with van der Waals surface area (Å²) < 4.78 is 0. The minimum Gasteiger partial charge on any atom is -0.481 e. The monoisotopic (exact) mass is 242 g/mol. The van der Waals surface area contributed by atoms with E-state index in [-0.39, 0.29) is 30.5 Å². The van der Waals surface area contributed by atoms with Gasteiger partial charge in [-0.3, -0.25) is 4.79 Å². The molecule has 0 radical (unpaired) electrons. The molecule has 5 heteroatoms. The van der Waals surface area contributed by atoms with Crippen molar-refractivity contribution >= 4 is 12.0 Å². The van der Waals surface area contributed by atoms with Crippen LogP contribution in [0.3, 0.4) is 0 Å². The Labute approximate surface area is 102 Å². The molecule has 2 amide bonds. The fourth-order valence-corrected chi connectivity index (χ4v) is 2.11. The summed E-state index contributed by atoms with van der Waals surface area (Å²) in [5, 5.41) is 14.4. The van der Waals surface area contributed by atoms with Crippen LogP contribution in [0.25, 0.3) is 0 Å². The second kappa shape index (κ2) is 6.47. The highest BCUT2D eigenvalue weighted by molar-refractivity contribution is 5.76. The van der Waals surface area contributed by atoms with Gasteiger partial charge in [0, 0.05) is 12.1 Å². The fourth-order valence-electron chi connectivity index (χ4n) is 2.11. The highest BCUT2D eigenvalue weighted by atomic mass is 16.4. The Morgan fingerprint density at radius 2 is 1.88 bits per heavy atom. The average Bonchev–Trinajstić information content (AvgIpc) is 2.68. The average molecular weight is 242 g/mol. The molecule has 1 saturated carbocycles. The van der Waals surface area contributed by atoms with Crippen LogP contribution < -0.4 is 10.6 Å². The van der Waals surface area contributed by atoms with E-state index in [1.807, 2.05) is 13.8 Å². The standard InChI is InChI=1S/C12H22N2O3/c1-8(2)10(7-11(15)16)14-12(17)13-9-5-3-4-6-9/h8-10H,3-7H2,1-2H3,(H,15,16)(H2,13,14,17). The van der Waals surface area contributed by atoms with Crippen molar-refractivity contribution in [3.8, 4) is 0 Å². The number of amides is 2. The summed E-state index contributed by atoms with van der Waals surface area (Å²) in [6.45, 7) is 3.81. The molecule has 0 spiro atoms. The van der Waals surface area contributed by atoms with Gasteiger partial charge in [-0.05, 0) is 18.8 Å². The van der Waals surface area contributed by atoms with Gasteiger partial charge in [-0.2, -0.15) is 0 Å². The maximum absolute atomic E-state index is 11.7. The third-order valence-electron chi connectivity index (χ3n) is 3.21. The molecule has 98 valence electrons. The summed E-state index contributed by atoms with van der Waals surface area (Å²) in [6.07, 6.45) is 4.34. The van der Waals surface area contributed by atoms with Crippen LogP contribution >= 0.6 is 0 Å². The molecule has 0 aliphatic heterocycles. The molecule has 0 aromatic rings. The number of aliphatic carboxylic acids is 1. The van der Waals surface area contributed by atoms with E-state index in [4.69, 9.17) is 5.11 Å². The van der Waals surface area contributed by atoms with Gasteiger partial charge in [0.05, 0.1) is 6.42 Å². The van der Waals surface area contributed by atoms with E-state index in [9.17, 15) is 9.59 Å². The van der Waals surface area contributed by atoms with E-state index in [0.717, 1.165) is 25.7 Å². The number of urea groups is 1. The van der Waals surface area contributed by atoms with Crippen LogP contribution in [0, 0.1) is 5.92 Å². The molecule has 5 nitrogen and oxygen atoms in total. The number of carbonyl (C=O) groups is 2. The van der Waals surface area contributed by atoms with Crippen molar-refractivity contribution in [2.45, 2.75) is 58.0 Å². The van der Waals surface area contributed by atoms with Crippen LogP contribution in [0.5, 0.6) is 0 Å². The minimum absolute atomic E-state index is 0.0320. The molecule has 1 rings (SSSR count). The molecule has 0 aromatic heterocycles. The number of nitrogens with one attached hydrogen (secondary N) is 2. The van der Waals surface area contributed by atoms with Crippen LogP contribution in [0.1, 0.15) is 46.0 Å². The van der Waals surface area contributed by atoms with Gasteiger partial charge < -0.3 is 15.7 Å². The number of hydrogen-bond acceptors (Lipinski definition) is 2. The third kappa shape index (κ3) is 5.06. The lowest BCUT2D eigenvalue weighted by molar-refractivity contribution is -0.137. The molecular weight excluding hydrogens is 220 g/mol. The first-order chi connectivity index (χ1) is 7.99. The Morgan fingerprint density at radius 1 is 1.29 bits per heavy atom. The summed E-state index contributed by atoms with van der Waals surface area (Å²) in [5.41, 5.74) is 0. The second-order valence-electron chi connectivity index (χ2n) is 5.05. The van der Waals surface area contributed by atoms with Gasteiger partial charge >= 0.3 is 12.0 Å². The SMILES string of the molecule is CC(C)C(CC(=O)O)NC(=O)NC1CCCC1. The lowest BCUT2D eigenvalue weighted by Crippen LogP contribution is -2.48. The van der Waals surface area contributed by atoms with Crippen molar-refractivity contribution in [2.75, 3.05) is 0 Å². The van der Waals surface area contributed by atoms with E-state index >= 15 is 0 Å². The molecule has 0 aromatic carbocycles. The summed E-state index contributed by atoms with van der Waals surface area (Å²) in [6, 6.07) is -0.293. The van der Waals surface area contributed by atoms with Gasteiger partial charge in [-0.15, -0.1) is 0 Å². The molecule has 1 fully saturated rings. The van der Waals surface area contributed by atoms with E-state index in [0.29, 0.717) is 0 Å². The van der Waals surface area contributed by atoms with Crippen LogP contribution in [0.15, 0.2) is 0 Å². The first kappa shape index (κ1) is 13.8. The van der Waals surface area contributed by atoms with Crippen LogP contribution in [0.2, 0.25) is 0 Å². The number of rotatable bonds is 5. The first-order valence-electron chi connectivity index (χ1n) is 6.28. The quantitative estimate of drug-likeness (QED) is 0.687. The van der Waals surface area contributed by atoms with Crippen molar-refractivity contribution in [1.82, 2.24) is 10.6 Å². The van der Waals surface area contributed by atoms with Crippen LogP contribution in [-0.4, -0.2) is 29.2 Å². The predicted octanol–water partition coefficient (Wildman–Crippen LogP) is 1.73. The molecule has 3 N–H and O–H groups in total. The maximum Gasteiger partial charge on any atom is 0.315 e. The van der Waals surface area contributed by atoms with E-state index in [1.165, 1.54) is 0 Å². The Balaban J connectivity index is 2.37. The summed E-state index contributed by atoms with van der Waals surface area (Å²) in [4.78, 5) is 22.3. The zero-order valence-electron chi connectivity index (χ0n) is 10.5. The lowest BCUT2D eigenvalue weighted by atomic mass is 10.0. The van der Waals surface area contributed by atoms with Crippen LogP contribution in [0.4, 0.5) is 4.79 Å². The van der Waals surface area contributed by atoms with Gasteiger partial charge in [0.25, 0.3) is 0 Å². The number of carboxylic acids is 1. The Kier molecular flexibility index (Phi) is 5.25. The van der Waals surface area contributed by atoms with E-state index < -0.39 is 5.97 Å². The Bertz CT molecular complexity index is 273. The van der Waals surface area contributed by atoms with Crippen molar-refractivity contribution in [3.05, 3.63) is 0 Å². The zero-order chi connectivity index (χ0) is 12.8. The topological polar surface area (TPSA) is 78.4 Å². The fraction of sp³-hybridized carbons (Fsp3) is 0.833. The van der Waals surface area contributed by atoms with Crippen LogP contribution in [-0.2, 0) is 4.79 Å². The molecule has 1 unspecified atom stereocenters. The highest BCUT2D eigenvalue weighted by Gasteiger charge is 2.22. The largest absolute Gasteiger partial charge is 0.481 e. The summed E-state index contributed by atoms with van der Waals surface area (Å²) in [7, 11) is 0. The van der Waals surface area contributed by atoms with Crippen molar-refractivity contribution in [3.63, 3.8) is 0 Å². The Hall–Kier alpha value is -1.26. The van der Waals surface area contributed by atoms with E-state index in [2.05, 4.69) is 10.6 Å². The molecule has 1 atom stereocenters. The van der Waals surface area contributed by atoms with Gasteiger partial charge in [-0.1, -0.05) is 26.7 Å². The number of carboxylic acid groups (broad SMARTS) is 1. The van der Waals surface area contributed by atoms with Gasteiger partial charge in [0.15, 0.2) is 0 Å². The molecule has 1 aliphatic carbocycles. The number of hydrogen-bond donors (Lipinski definition) is 3. The van der Waals surface area contributed by atoms with Crippen molar-refractivity contribution < 1.29 is 14.7 Å². The second-order valence-corrected chi connectivity index (χ2v) is 5.05. The molecule has 17 heavy (non-hydrogen) atoms. The van der Waals surface area contributed by atoms with Crippen molar-refractivity contribution in [1.29, 1.82) is 0 Å². The maximum atomic E-state index is 11.7. The molecular formula is C12H22N2O3. The first-order valence-corrected chi connectivity index (χ1v) is 6.28. The molecule has 1 aliphatic rings. The number of carbonyl (C=O) groups excluding carboxylic acids is 1. The van der Waals surface area contributed by atoms with Gasteiger partial charge in [0.1, 0.15) is 0 Å². The minimum atomic E-state index is -0.884. The lowest BCUT2D eigenvalue weighted by Gasteiger charge is -2.22. The third-order valence-corrected chi connectivity index (χ3v) is 3.21. The molecule has 0 bridgehead atoms. The highest BCUT2D eigenvalue weighted by Crippen LogP contribution is 2.17. The van der Waals surface area contributed by atoms with Crippen molar-refractivity contribution in [2.24, 2.45) is 5.92 Å². The Morgan fingerprint density at radius 3 is 2.35 bits per heavy atom. The predicted molar refractivity (Wildman–Crippen MR) is 64.8 cm³/mol. The molecule has 0 saturated heterocycles.